The average Bonchev–Trinajstić information content (AvgIpc) is 3.09. The summed E-state index contributed by atoms with van der Waals surface area (Å²) >= 11 is 1.72. The number of thiophene rings is 1. The number of nitrogens with one attached hydrogen (secondary N) is 2. The zero-order chi connectivity index (χ0) is 21.5. The molecule has 3 aromatic rings. The molecule has 0 bridgehead atoms. The lowest BCUT2D eigenvalue weighted by Crippen LogP contribution is -3.12. The third-order valence-electron chi connectivity index (χ3n) is 6.18. The zero-order valence-electron chi connectivity index (χ0n) is 19.1. The molecule has 6 nitrogen and oxygen atoms in total. The molecular weight excluding hydrogens is 394 g/mol. The van der Waals surface area contributed by atoms with Gasteiger partial charge in [0.2, 0.25) is 0 Å². The van der Waals surface area contributed by atoms with Gasteiger partial charge in [0.1, 0.15) is 17.0 Å². The summed E-state index contributed by atoms with van der Waals surface area (Å²) in [7, 11) is 0. The second-order valence-electron chi connectivity index (χ2n) is 9.15. The molecule has 30 heavy (non-hydrogen) atoms. The van der Waals surface area contributed by atoms with Crippen molar-refractivity contribution < 1.29 is 9.64 Å². The van der Waals surface area contributed by atoms with Crippen molar-refractivity contribution in [2.45, 2.75) is 66.1 Å². The second-order valence-corrected chi connectivity index (χ2v) is 10.1. The lowest BCUT2D eigenvalue weighted by atomic mass is 9.87. The lowest BCUT2D eigenvalue weighted by Gasteiger charge is -2.33. The van der Waals surface area contributed by atoms with Crippen LogP contribution in [0.25, 0.3) is 20.4 Å². The highest BCUT2D eigenvalue weighted by Crippen LogP contribution is 2.43. The minimum absolute atomic E-state index is 0.176. The van der Waals surface area contributed by atoms with E-state index in [4.69, 9.17) is 14.7 Å². The van der Waals surface area contributed by atoms with Crippen LogP contribution in [0.2, 0.25) is 0 Å². The van der Waals surface area contributed by atoms with Crippen LogP contribution in [0.4, 0.5) is 5.82 Å². The summed E-state index contributed by atoms with van der Waals surface area (Å²) < 4.78 is 7.27. The van der Waals surface area contributed by atoms with Gasteiger partial charge in [0.15, 0.2) is 0 Å². The van der Waals surface area contributed by atoms with Crippen LogP contribution in [0.15, 0.2) is 6.33 Å². The van der Waals surface area contributed by atoms with Gasteiger partial charge in [-0.15, -0.1) is 11.3 Å². The summed E-state index contributed by atoms with van der Waals surface area (Å²) in [5.74, 6) is 1.29. The number of quaternary nitrogens is 1. The molecular formula is C23H34N5OS+. The fraction of sp³-hybridized carbons (Fsp3) is 0.609. The third kappa shape index (κ3) is 3.90. The van der Waals surface area contributed by atoms with Gasteiger partial charge in [0.05, 0.1) is 54.3 Å². The second kappa shape index (κ2) is 8.36. The van der Waals surface area contributed by atoms with Crippen LogP contribution in [0.5, 0.6) is 0 Å². The Bertz CT molecular complexity index is 1050. The van der Waals surface area contributed by atoms with Crippen LogP contribution in [0.3, 0.4) is 0 Å². The highest BCUT2D eigenvalue weighted by molar-refractivity contribution is 7.26. The van der Waals surface area contributed by atoms with Gasteiger partial charge in [0, 0.05) is 17.4 Å². The normalized spacial score (nSPS) is 16.0. The first kappa shape index (κ1) is 21.4. The van der Waals surface area contributed by atoms with Gasteiger partial charge in [-0.25, -0.2) is 15.0 Å². The van der Waals surface area contributed by atoms with E-state index in [1.807, 2.05) is 0 Å². The van der Waals surface area contributed by atoms with Gasteiger partial charge in [-0.1, -0.05) is 13.8 Å². The maximum atomic E-state index is 6.16. The molecule has 4 heterocycles. The maximum Gasteiger partial charge on any atom is 0.147 e. The quantitative estimate of drug-likeness (QED) is 0.603. The summed E-state index contributed by atoms with van der Waals surface area (Å²) in [5.41, 5.74) is 4.63. The molecule has 0 unspecified atom stereocenters. The van der Waals surface area contributed by atoms with Crippen molar-refractivity contribution in [2.75, 3.05) is 31.5 Å². The zero-order valence-corrected chi connectivity index (χ0v) is 19.9. The number of rotatable bonds is 7. The van der Waals surface area contributed by atoms with Gasteiger partial charge in [-0.05, 0) is 39.2 Å². The number of fused-ring (bicyclic) bond motifs is 5. The standard InChI is InChI=1S/C23H33N5OS/c1-7-28(8-2)10-9-24-21-20-19(25-13-26-21)17-15-11-23(5,6)29-12-16(15)18(14(3)4)27-22(17)30-20/h13-14H,7-12H2,1-6H3,(H,24,25,26)/p+1. The van der Waals surface area contributed by atoms with Crippen LogP contribution in [0, 0.1) is 0 Å². The first-order chi connectivity index (χ1) is 14.3. The van der Waals surface area contributed by atoms with E-state index >= 15 is 0 Å². The van der Waals surface area contributed by atoms with Crippen molar-refractivity contribution in [1.82, 2.24) is 15.0 Å². The number of hydrogen-bond donors (Lipinski definition) is 2. The number of pyridine rings is 1. The molecule has 0 saturated heterocycles. The van der Waals surface area contributed by atoms with E-state index in [1.54, 1.807) is 22.6 Å². The van der Waals surface area contributed by atoms with E-state index in [0.29, 0.717) is 12.5 Å². The number of aromatic nitrogens is 3. The molecule has 162 valence electrons. The Balaban J connectivity index is 1.81. The first-order valence-electron chi connectivity index (χ1n) is 11.1. The van der Waals surface area contributed by atoms with Crippen LogP contribution in [0.1, 0.15) is 64.3 Å². The summed E-state index contributed by atoms with van der Waals surface area (Å²) in [6.45, 7) is 18.1. The fourth-order valence-electron chi connectivity index (χ4n) is 4.40. The van der Waals surface area contributed by atoms with Crippen molar-refractivity contribution in [3.8, 4) is 0 Å². The molecule has 1 aliphatic heterocycles. The van der Waals surface area contributed by atoms with E-state index in [1.165, 1.54) is 16.5 Å². The molecule has 2 N–H and O–H groups in total. The van der Waals surface area contributed by atoms with Crippen LogP contribution in [-0.4, -0.2) is 46.7 Å². The fourth-order valence-corrected chi connectivity index (χ4v) is 5.53. The highest BCUT2D eigenvalue weighted by Gasteiger charge is 2.32. The molecule has 0 spiro atoms. The Kier molecular flexibility index (Phi) is 5.97. The van der Waals surface area contributed by atoms with E-state index in [-0.39, 0.29) is 5.60 Å². The lowest BCUT2D eigenvalue weighted by molar-refractivity contribution is -0.894. The maximum absolute atomic E-state index is 6.16. The molecule has 0 aromatic carbocycles. The van der Waals surface area contributed by atoms with Gasteiger partial charge in [-0.3, -0.25) is 0 Å². The van der Waals surface area contributed by atoms with E-state index in [2.05, 4.69) is 51.8 Å². The highest BCUT2D eigenvalue weighted by atomic mass is 32.1. The SMILES string of the molecule is CC[NH+](CC)CCNc1ncnc2c1sc1nc(C(C)C)c3c(c12)CC(C)(C)OC3. The van der Waals surface area contributed by atoms with Gasteiger partial charge < -0.3 is 15.0 Å². The predicted octanol–water partition coefficient (Wildman–Crippen LogP) is 3.55. The van der Waals surface area contributed by atoms with Crippen molar-refractivity contribution in [2.24, 2.45) is 0 Å². The molecule has 1 aliphatic rings. The number of ether oxygens (including phenoxy) is 1. The monoisotopic (exact) mass is 428 g/mol. The summed E-state index contributed by atoms with van der Waals surface area (Å²) in [6, 6.07) is 0. The smallest absolute Gasteiger partial charge is 0.147 e. The minimum Gasteiger partial charge on any atom is -0.370 e. The predicted molar refractivity (Wildman–Crippen MR) is 125 cm³/mol. The van der Waals surface area contributed by atoms with Crippen LogP contribution in [-0.2, 0) is 17.8 Å². The molecule has 7 heteroatoms. The summed E-state index contributed by atoms with van der Waals surface area (Å²) in [5, 5.41) is 4.77. The number of likely N-dealkylation sites (N-methyl/N-ethyl adjacent to an activating group) is 1. The van der Waals surface area contributed by atoms with Crippen LogP contribution < -0.4 is 10.2 Å². The van der Waals surface area contributed by atoms with Gasteiger partial charge in [-0.2, -0.15) is 0 Å². The molecule has 3 aromatic heterocycles. The minimum atomic E-state index is -0.176. The Labute approximate surface area is 183 Å². The average molecular weight is 429 g/mol. The number of nitrogens with zero attached hydrogens (tertiary/aromatic N) is 3. The Hall–Kier alpha value is -1.83. The summed E-state index contributed by atoms with van der Waals surface area (Å²) in [6.07, 6.45) is 2.57. The largest absolute Gasteiger partial charge is 0.370 e. The number of hydrogen-bond acceptors (Lipinski definition) is 6. The summed E-state index contributed by atoms with van der Waals surface area (Å²) in [4.78, 5) is 17.0. The Morgan fingerprint density at radius 1 is 1.20 bits per heavy atom. The van der Waals surface area contributed by atoms with Gasteiger partial charge in [0.25, 0.3) is 0 Å². The molecule has 0 amide bonds. The molecule has 0 atom stereocenters. The topological polar surface area (TPSA) is 64.4 Å². The van der Waals surface area contributed by atoms with E-state index < -0.39 is 0 Å². The van der Waals surface area contributed by atoms with E-state index in [9.17, 15) is 0 Å². The molecule has 0 radical (unpaired) electrons. The molecule has 0 saturated carbocycles. The van der Waals surface area contributed by atoms with E-state index in [0.717, 1.165) is 59.2 Å². The first-order valence-corrected chi connectivity index (χ1v) is 12.0. The Morgan fingerprint density at radius 2 is 1.97 bits per heavy atom. The molecule has 0 aliphatic carbocycles. The van der Waals surface area contributed by atoms with Crippen molar-refractivity contribution in [3.05, 3.63) is 23.1 Å². The van der Waals surface area contributed by atoms with Crippen LogP contribution >= 0.6 is 11.3 Å². The molecule has 0 fully saturated rings. The van der Waals surface area contributed by atoms with Crippen molar-refractivity contribution in [3.63, 3.8) is 0 Å². The molecule has 4 rings (SSSR count). The van der Waals surface area contributed by atoms with Gasteiger partial charge >= 0.3 is 0 Å². The van der Waals surface area contributed by atoms with Crippen molar-refractivity contribution in [1.29, 1.82) is 0 Å². The third-order valence-corrected chi connectivity index (χ3v) is 7.26. The Morgan fingerprint density at radius 3 is 2.67 bits per heavy atom. The number of anilines is 1. The van der Waals surface area contributed by atoms with Crippen molar-refractivity contribution >= 4 is 37.6 Å².